The maximum atomic E-state index is 9.36. The quantitative estimate of drug-likeness (QED) is 0.287. The lowest BCUT2D eigenvalue weighted by Gasteiger charge is -2.04. The summed E-state index contributed by atoms with van der Waals surface area (Å²) in [6, 6.07) is 0. The molecule has 0 aromatic heterocycles. The molecule has 0 bridgehead atoms. The summed E-state index contributed by atoms with van der Waals surface area (Å²) in [5.41, 5.74) is 1.03. The van der Waals surface area contributed by atoms with Crippen molar-refractivity contribution in [3.05, 3.63) is 48.0 Å². The first-order chi connectivity index (χ1) is 8.15. The molecule has 0 aliphatic carbocycles. The van der Waals surface area contributed by atoms with Crippen LogP contribution < -0.4 is 0 Å². The first kappa shape index (κ1) is 15.6. The van der Waals surface area contributed by atoms with Crippen LogP contribution in [0.25, 0.3) is 0 Å². The van der Waals surface area contributed by atoms with Gasteiger partial charge in [0.05, 0.1) is 7.11 Å². The van der Waals surface area contributed by atoms with Gasteiger partial charge in [-0.2, -0.15) is 0 Å². The number of rotatable bonds is 8. The van der Waals surface area contributed by atoms with Crippen LogP contribution in [0.1, 0.15) is 39.5 Å². The van der Waals surface area contributed by atoms with Crippen LogP contribution in [-0.4, -0.2) is 12.2 Å². The molecule has 2 nitrogen and oxygen atoms in total. The van der Waals surface area contributed by atoms with Crippen molar-refractivity contribution in [2.75, 3.05) is 7.11 Å². The molecule has 0 radical (unpaired) electrons. The third kappa shape index (κ3) is 7.45. The third-order valence-electron chi connectivity index (χ3n) is 2.40. The van der Waals surface area contributed by atoms with Crippen molar-refractivity contribution >= 4 is 0 Å². The van der Waals surface area contributed by atoms with Crippen LogP contribution in [0.4, 0.5) is 0 Å². The van der Waals surface area contributed by atoms with E-state index in [0.29, 0.717) is 5.76 Å². The first-order valence-electron chi connectivity index (χ1n) is 6.07. The van der Waals surface area contributed by atoms with E-state index in [1.54, 1.807) is 20.1 Å². The number of methoxy groups -OCH3 is 1. The number of ether oxygens (including phenoxy) is 1. The van der Waals surface area contributed by atoms with Crippen molar-refractivity contribution in [2.24, 2.45) is 0 Å². The number of hydrogen-bond acceptors (Lipinski definition) is 2. The molecule has 0 atom stereocenters. The summed E-state index contributed by atoms with van der Waals surface area (Å²) < 4.78 is 5.07. The van der Waals surface area contributed by atoms with E-state index in [9.17, 15) is 5.11 Å². The minimum Gasteiger partial charge on any atom is -0.509 e. The molecule has 2 heteroatoms. The summed E-state index contributed by atoms with van der Waals surface area (Å²) in [5, 5.41) is 9.36. The van der Waals surface area contributed by atoms with Crippen LogP contribution in [0.2, 0.25) is 0 Å². The van der Waals surface area contributed by atoms with Gasteiger partial charge in [-0.05, 0) is 31.4 Å². The molecule has 1 N–H and O–H groups in total. The lowest BCUT2D eigenvalue weighted by atomic mass is 10.1. The Hall–Kier alpha value is -1.44. The molecule has 0 fully saturated rings. The van der Waals surface area contributed by atoms with Crippen LogP contribution in [0.3, 0.4) is 0 Å². The third-order valence-corrected chi connectivity index (χ3v) is 2.40. The largest absolute Gasteiger partial charge is 0.509 e. The van der Waals surface area contributed by atoms with Crippen molar-refractivity contribution in [1.29, 1.82) is 0 Å². The van der Waals surface area contributed by atoms with E-state index < -0.39 is 0 Å². The molecule has 96 valence electrons. The topological polar surface area (TPSA) is 29.5 Å². The number of hydrogen-bond donors (Lipinski definition) is 1. The lowest BCUT2D eigenvalue weighted by Crippen LogP contribution is -1.89. The van der Waals surface area contributed by atoms with Gasteiger partial charge in [0.25, 0.3) is 0 Å². The van der Waals surface area contributed by atoms with Crippen molar-refractivity contribution in [2.45, 2.75) is 39.5 Å². The van der Waals surface area contributed by atoms with Gasteiger partial charge in [0.15, 0.2) is 5.76 Å². The van der Waals surface area contributed by atoms with Gasteiger partial charge < -0.3 is 9.84 Å². The highest BCUT2D eigenvalue weighted by Gasteiger charge is 1.98. The maximum Gasteiger partial charge on any atom is 0.156 e. The maximum absolute atomic E-state index is 9.36. The summed E-state index contributed by atoms with van der Waals surface area (Å²) in [5.74, 6) is 0.670. The average molecular weight is 236 g/mol. The van der Waals surface area contributed by atoms with Crippen LogP contribution in [0, 0.1) is 0 Å². The second kappa shape index (κ2) is 9.76. The fourth-order valence-corrected chi connectivity index (χ4v) is 1.34. The Morgan fingerprint density at radius 3 is 2.53 bits per heavy atom. The molecule has 0 unspecified atom stereocenters. The molecule has 17 heavy (non-hydrogen) atoms. The van der Waals surface area contributed by atoms with Crippen molar-refractivity contribution in [3.8, 4) is 0 Å². The molecule has 0 aliphatic heterocycles. The number of aliphatic hydroxyl groups excluding tert-OH is 1. The summed E-state index contributed by atoms with van der Waals surface area (Å²) in [4.78, 5) is 0. The summed E-state index contributed by atoms with van der Waals surface area (Å²) in [7, 11) is 1.54. The van der Waals surface area contributed by atoms with Gasteiger partial charge in [0.2, 0.25) is 0 Å². The molecular formula is C15H24O2. The zero-order valence-electron chi connectivity index (χ0n) is 11.2. The van der Waals surface area contributed by atoms with E-state index in [1.165, 1.54) is 12.8 Å². The monoisotopic (exact) mass is 236 g/mol. The van der Waals surface area contributed by atoms with Crippen molar-refractivity contribution < 1.29 is 9.84 Å². The smallest absolute Gasteiger partial charge is 0.156 e. The Balaban J connectivity index is 4.43. The van der Waals surface area contributed by atoms with E-state index >= 15 is 0 Å². The zero-order valence-corrected chi connectivity index (χ0v) is 11.2. The number of aliphatic hydroxyl groups is 1. The van der Waals surface area contributed by atoms with E-state index in [-0.39, 0.29) is 5.76 Å². The molecule has 0 aromatic carbocycles. The van der Waals surface area contributed by atoms with Crippen LogP contribution in [0.5, 0.6) is 0 Å². The molecule has 0 spiro atoms. The molecule has 0 aliphatic rings. The lowest BCUT2D eigenvalue weighted by molar-refractivity contribution is 0.269. The Kier molecular flexibility index (Phi) is 8.94. The van der Waals surface area contributed by atoms with Crippen molar-refractivity contribution in [1.82, 2.24) is 0 Å². The summed E-state index contributed by atoms with van der Waals surface area (Å²) in [6.07, 6.45) is 12.3. The van der Waals surface area contributed by atoms with E-state index in [1.807, 2.05) is 6.08 Å². The molecular weight excluding hydrogens is 212 g/mol. The van der Waals surface area contributed by atoms with Gasteiger partial charge in [-0.15, -0.1) is 0 Å². The highest BCUT2D eigenvalue weighted by Crippen LogP contribution is 2.12. The van der Waals surface area contributed by atoms with Crippen LogP contribution in [0.15, 0.2) is 48.0 Å². The number of allylic oxidation sites excluding steroid dienone is 6. The van der Waals surface area contributed by atoms with E-state index in [0.717, 1.165) is 18.4 Å². The fraction of sp³-hybridized carbons (Fsp3) is 0.467. The Bertz CT molecular complexity index is 305. The van der Waals surface area contributed by atoms with Gasteiger partial charge in [-0.3, -0.25) is 0 Å². The fourth-order valence-electron chi connectivity index (χ4n) is 1.34. The van der Waals surface area contributed by atoms with E-state index in [4.69, 9.17) is 4.74 Å². The normalized spacial score (nSPS) is 13.7. The van der Waals surface area contributed by atoms with Gasteiger partial charge in [-0.25, -0.2) is 0 Å². The molecule has 0 amide bonds. The van der Waals surface area contributed by atoms with Crippen LogP contribution in [-0.2, 0) is 4.74 Å². The van der Waals surface area contributed by atoms with Gasteiger partial charge in [0, 0.05) is 0 Å². The summed E-state index contributed by atoms with van der Waals surface area (Å²) >= 11 is 0. The van der Waals surface area contributed by atoms with Gasteiger partial charge in [0.1, 0.15) is 5.76 Å². The second-order valence-electron chi connectivity index (χ2n) is 3.89. The SMILES string of the molecule is C=C/C(=C\C(OC)=C(/C)O)C/C=C\CCCC. The Labute approximate surface area is 105 Å². The zero-order chi connectivity index (χ0) is 13.1. The number of unbranched alkanes of at least 4 members (excludes halogenated alkanes) is 2. The average Bonchev–Trinajstić information content (AvgIpc) is 2.32. The van der Waals surface area contributed by atoms with E-state index in [2.05, 4.69) is 25.7 Å². The summed E-state index contributed by atoms with van der Waals surface area (Å²) in [6.45, 7) is 7.55. The van der Waals surface area contributed by atoms with Crippen LogP contribution >= 0.6 is 0 Å². The molecule has 0 aromatic rings. The molecule has 0 saturated heterocycles. The molecule has 0 saturated carbocycles. The standard InChI is InChI=1S/C15H24O2/c1-5-7-8-9-10-11-14(6-2)12-15(17-4)13(3)16/h6,9-10,12,16H,2,5,7-8,11H2,1,3-4H3/b10-9-,14-12+,15-13-. The molecule has 0 heterocycles. The van der Waals surface area contributed by atoms with Crippen molar-refractivity contribution in [3.63, 3.8) is 0 Å². The highest BCUT2D eigenvalue weighted by molar-refractivity contribution is 5.28. The predicted octanol–water partition coefficient (Wildman–Crippen LogP) is 4.67. The Morgan fingerprint density at radius 2 is 2.06 bits per heavy atom. The first-order valence-corrected chi connectivity index (χ1v) is 6.07. The minimum absolute atomic E-state index is 0.182. The minimum atomic E-state index is 0.182. The van der Waals surface area contributed by atoms with Gasteiger partial charge >= 0.3 is 0 Å². The van der Waals surface area contributed by atoms with Gasteiger partial charge in [-0.1, -0.05) is 44.6 Å². The predicted molar refractivity (Wildman–Crippen MR) is 73.9 cm³/mol. The Morgan fingerprint density at radius 1 is 1.35 bits per heavy atom. The highest BCUT2D eigenvalue weighted by atomic mass is 16.5. The molecule has 0 rings (SSSR count). The second-order valence-corrected chi connectivity index (χ2v) is 3.89.